The molecular formula is C17H17Br2NO2. The number of hydrogen-bond donors (Lipinski definition) is 1. The first-order valence-corrected chi connectivity index (χ1v) is 8.81. The zero-order chi connectivity index (χ0) is 15.9. The highest BCUT2D eigenvalue weighted by molar-refractivity contribution is 9.12. The Kier molecular flexibility index (Phi) is 6.46. The average Bonchev–Trinajstić information content (AvgIpc) is 2.56. The molecule has 5 heteroatoms. The number of alkyl halides is 2. The Morgan fingerprint density at radius 3 is 2.32 bits per heavy atom. The Labute approximate surface area is 147 Å². The van der Waals surface area contributed by atoms with Crippen LogP contribution in [-0.2, 0) is 4.79 Å². The van der Waals surface area contributed by atoms with Crippen LogP contribution in [0.4, 0.5) is 5.69 Å². The van der Waals surface area contributed by atoms with Gasteiger partial charge < -0.3 is 10.1 Å². The van der Waals surface area contributed by atoms with Crippen LogP contribution in [0, 0.1) is 0 Å². The number of benzene rings is 2. The van der Waals surface area contributed by atoms with Crippen LogP contribution >= 0.6 is 31.9 Å². The topological polar surface area (TPSA) is 38.3 Å². The van der Waals surface area contributed by atoms with E-state index in [1.54, 1.807) is 0 Å². The molecule has 0 aliphatic rings. The summed E-state index contributed by atoms with van der Waals surface area (Å²) >= 11 is 7.03. The van der Waals surface area contributed by atoms with Gasteiger partial charge in [-0.3, -0.25) is 4.79 Å². The smallest absolute Gasteiger partial charge is 0.239 e. The fraction of sp³-hybridized carbons (Fsp3) is 0.235. The number of nitrogens with one attached hydrogen (secondary N) is 1. The minimum atomic E-state index is -0.374. The highest BCUT2D eigenvalue weighted by atomic mass is 79.9. The van der Waals surface area contributed by atoms with Gasteiger partial charge in [0.2, 0.25) is 5.91 Å². The lowest BCUT2D eigenvalue weighted by atomic mass is 10.1. The van der Waals surface area contributed by atoms with E-state index in [9.17, 15) is 4.79 Å². The lowest BCUT2D eigenvalue weighted by molar-refractivity contribution is -0.115. The maximum Gasteiger partial charge on any atom is 0.239 e. The summed E-state index contributed by atoms with van der Waals surface area (Å²) in [5.41, 5.74) is 1.79. The monoisotopic (exact) mass is 425 g/mol. The molecule has 0 spiro atoms. The van der Waals surface area contributed by atoms with E-state index in [1.807, 2.05) is 61.5 Å². The van der Waals surface area contributed by atoms with E-state index in [0.29, 0.717) is 6.61 Å². The minimum Gasteiger partial charge on any atom is -0.494 e. The molecule has 1 N–H and O–H groups in total. The molecule has 22 heavy (non-hydrogen) atoms. The predicted octanol–water partition coefficient (Wildman–Crippen LogP) is 4.92. The Hall–Kier alpha value is -1.33. The van der Waals surface area contributed by atoms with Gasteiger partial charge in [0.15, 0.2) is 0 Å². The Morgan fingerprint density at radius 2 is 1.73 bits per heavy atom. The molecule has 2 aromatic rings. The third kappa shape index (κ3) is 4.58. The van der Waals surface area contributed by atoms with Gasteiger partial charge in [0.1, 0.15) is 10.6 Å². The Balaban J connectivity index is 1.99. The second kappa shape index (κ2) is 8.34. The maximum atomic E-state index is 12.3. The zero-order valence-corrected chi connectivity index (χ0v) is 15.3. The molecule has 0 heterocycles. The summed E-state index contributed by atoms with van der Waals surface area (Å²) < 4.78 is 5.38. The summed E-state index contributed by atoms with van der Waals surface area (Å²) in [7, 11) is 0. The lowest BCUT2D eigenvalue weighted by Crippen LogP contribution is -2.26. The zero-order valence-electron chi connectivity index (χ0n) is 12.1. The third-order valence-corrected chi connectivity index (χ3v) is 5.77. The van der Waals surface area contributed by atoms with Gasteiger partial charge >= 0.3 is 0 Å². The van der Waals surface area contributed by atoms with E-state index in [4.69, 9.17) is 4.74 Å². The molecule has 0 aliphatic carbocycles. The van der Waals surface area contributed by atoms with Crippen LogP contribution in [0.5, 0.6) is 5.75 Å². The Bertz CT molecular complexity index is 602. The SMILES string of the molecule is CCOc1ccc(NC(=O)[C@H](Br)[C@@H](Br)c2ccccc2)cc1. The summed E-state index contributed by atoms with van der Waals surface area (Å²) in [6, 6.07) is 17.2. The first-order valence-electron chi connectivity index (χ1n) is 6.98. The van der Waals surface area contributed by atoms with Crippen molar-refractivity contribution in [2.45, 2.75) is 16.6 Å². The van der Waals surface area contributed by atoms with Crippen LogP contribution in [-0.4, -0.2) is 17.3 Å². The van der Waals surface area contributed by atoms with Crippen LogP contribution in [0.15, 0.2) is 54.6 Å². The molecule has 116 valence electrons. The maximum absolute atomic E-state index is 12.3. The molecular weight excluding hydrogens is 410 g/mol. The van der Waals surface area contributed by atoms with Crippen molar-refractivity contribution in [3.63, 3.8) is 0 Å². The second-order valence-corrected chi connectivity index (χ2v) is 6.63. The average molecular weight is 427 g/mol. The van der Waals surface area contributed by atoms with Crippen molar-refractivity contribution in [2.24, 2.45) is 0 Å². The normalized spacial score (nSPS) is 13.2. The van der Waals surface area contributed by atoms with Crippen molar-refractivity contribution in [3.05, 3.63) is 60.2 Å². The minimum absolute atomic E-state index is 0.101. The summed E-state index contributed by atoms with van der Waals surface area (Å²) in [6.45, 7) is 2.56. The molecule has 0 unspecified atom stereocenters. The van der Waals surface area contributed by atoms with Crippen LogP contribution in [0.25, 0.3) is 0 Å². The number of hydrogen-bond acceptors (Lipinski definition) is 2. The van der Waals surface area contributed by atoms with Gasteiger partial charge in [-0.15, -0.1) is 0 Å². The van der Waals surface area contributed by atoms with Crippen molar-refractivity contribution in [1.29, 1.82) is 0 Å². The van der Waals surface area contributed by atoms with E-state index in [0.717, 1.165) is 17.0 Å². The number of rotatable bonds is 6. The summed E-state index contributed by atoms with van der Waals surface area (Å²) in [6.07, 6.45) is 0. The molecule has 0 saturated carbocycles. The molecule has 2 rings (SSSR count). The predicted molar refractivity (Wildman–Crippen MR) is 97.1 cm³/mol. The van der Waals surface area contributed by atoms with Crippen molar-refractivity contribution in [3.8, 4) is 5.75 Å². The van der Waals surface area contributed by atoms with Gasteiger partial charge in [-0.25, -0.2) is 0 Å². The second-order valence-electron chi connectivity index (χ2n) is 4.66. The van der Waals surface area contributed by atoms with Gasteiger partial charge in [0, 0.05) is 5.69 Å². The fourth-order valence-corrected chi connectivity index (χ4v) is 2.92. The van der Waals surface area contributed by atoms with Crippen LogP contribution in [0.1, 0.15) is 17.3 Å². The van der Waals surface area contributed by atoms with Crippen molar-refractivity contribution >= 4 is 43.5 Å². The first kappa shape index (κ1) is 17.0. The van der Waals surface area contributed by atoms with Crippen LogP contribution in [0.3, 0.4) is 0 Å². The third-order valence-electron chi connectivity index (χ3n) is 3.06. The number of halogens is 2. The number of carbonyl (C=O) groups excluding carboxylic acids is 1. The molecule has 0 radical (unpaired) electrons. The molecule has 2 atom stereocenters. The Morgan fingerprint density at radius 1 is 1.09 bits per heavy atom. The van der Waals surface area contributed by atoms with E-state index in [2.05, 4.69) is 37.2 Å². The molecule has 0 saturated heterocycles. The number of amides is 1. The van der Waals surface area contributed by atoms with E-state index in [1.165, 1.54) is 0 Å². The number of carbonyl (C=O) groups is 1. The van der Waals surface area contributed by atoms with Gasteiger partial charge in [0.25, 0.3) is 0 Å². The number of anilines is 1. The highest BCUT2D eigenvalue weighted by Crippen LogP contribution is 2.31. The molecule has 0 aliphatic heterocycles. The largest absolute Gasteiger partial charge is 0.494 e. The van der Waals surface area contributed by atoms with E-state index < -0.39 is 0 Å². The van der Waals surface area contributed by atoms with E-state index >= 15 is 0 Å². The molecule has 1 amide bonds. The molecule has 0 bridgehead atoms. The molecule has 0 aromatic heterocycles. The molecule has 2 aromatic carbocycles. The van der Waals surface area contributed by atoms with Crippen molar-refractivity contribution in [1.82, 2.24) is 0 Å². The van der Waals surface area contributed by atoms with Gasteiger partial charge in [-0.05, 0) is 36.8 Å². The van der Waals surface area contributed by atoms with Gasteiger partial charge in [0.05, 0.1) is 11.4 Å². The van der Waals surface area contributed by atoms with Crippen molar-refractivity contribution < 1.29 is 9.53 Å². The van der Waals surface area contributed by atoms with E-state index in [-0.39, 0.29) is 15.6 Å². The van der Waals surface area contributed by atoms with Gasteiger partial charge in [-0.2, -0.15) is 0 Å². The van der Waals surface area contributed by atoms with Crippen LogP contribution < -0.4 is 10.1 Å². The molecule has 0 fully saturated rings. The summed E-state index contributed by atoms with van der Waals surface area (Å²) in [5.74, 6) is 0.688. The molecule has 3 nitrogen and oxygen atoms in total. The standard InChI is InChI=1S/C17H17Br2NO2/c1-2-22-14-10-8-13(9-11-14)20-17(21)16(19)15(18)12-6-4-3-5-7-12/h3-11,15-16H,2H2,1H3,(H,20,21)/t15-,16+/m0/s1. The van der Waals surface area contributed by atoms with Crippen molar-refractivity contribution in [2.75, 3.05) is 11.9 Å². The fourth-order valence-electron chi connectivity index (χ4n) is 1.95. The lowest BCUT2D eigenvalue weighted by Gasteiger charge is -2.17. The van der Waals surface area contributed by atoms with Gasteiger partial charge in [-0.1, -0.05) is 62.2 Å². The highest BCUT2D eigenvalue weighted by Gasteiger charge is 2.24. The quantitative estimate of drug-likeness (QED) is 0.665. The summed E-state index contributed by atoms with van der Waals surface area (Å²) in [4.78, 5) is 11.8. The first-order chi connectivity index (χ1) is 10.6. The van der Waals surface area contributed by atoms with Crippen LogP contribution in [0.2, 0.25) is 0 Å². The number of ether oxygens (including phenoxy) is 1. The summed E-state index contributed by atoms with van der Waals surface area (Å²) in [5, 5.41) is 2.89.